The molecule has 2 nitrogen and oxygen atoms in total. The van der Waals surface area contributed by atoms with Crippen LogP contribution < -0.4 is 0 Å². The summed E-state index contributed by atoms with van der Waals surface area (Å²) in [6, 6.07) is 41.6. The highest BCUT2D eigenvalue weighted by Crippen LogP contribution is 2.51. The van der Waals surface area contributed by atoms with Crippen LogP contribution in [0.3, 0.4) is 0 Å². The van der Waals surface area contributed by atoms with Crippen molar-refractivity contribution in [2.75, 3.05) is 0 Å². The lowest BCUT2D eigenvalue weighted by atomic mass is 10.0. The number of para-hydroxylation sites is 1. The van der Waals surface area contributed by atoms with Crippen molar-refractivity contribution in [3.63, 3.8) is 0 Å². The molecule has 0 radical (unpaired) electrons. The zero-order valence-electron chi connectivity index (χ0n) is 20.8. The Morgan fingerprint density at radius 2 is 1.21 bits per heavy atom. The van der Waals surface area contributed by atoms with E-state index < -0.39 is 0 Å². The molecule has 5 aromatic carbocycles. The van der Waals surface area contributed by atoms with Crippen LogP contribution in [0.25, 0.3) is 79.1 Å². The summed E-state index contributed by atoms with van der Waals surface area (Å²) in [5.41, 5.74) is 6.14. The molecular formula is C35H20N2S2. The quantitative estimate of drug-likeness (QED) is 0.216. The van der Waals surface area contributed by atoms with Crippen molar-refractivity contribution in [2.24, 2.45) is 0 Å². The van der Waals surface area contributed by atoms with Gasteiger partial charge in [-0.2, -0.15) is 0 Å². The molecule has 0 aliphatic carbocycles. The molecule has 0 atom stereocenters. The van der Waals surface area contributed by atoms with Gasteiger partial charge in [-0.3, -0.25) is 0 Å². The first-order valence-electron chi connectivity index (χ1n) is 13.1. The lowest BCUT2D eigenvalue weighted by Crippen LogP contribution is -1.94. The lowest BCUT2D eigenvalue weighted by molar-refractivity contribution is 1.19. The molecule has 0 N–H and O–H groups in total. The van der Waals surface area contributed by atoms with E-state index in [4.69, 9.17) is 4.98 Å². The Balaban J connectivity index is 1.50. The van der Waals surface area contributed by atoms with Gasteiger partial charge in [0, 0.05) is 53.6 Å². The molecule has 4 heterocycles. The number of nitrogens with zero attached hydrogens (tertiary/aromatic N) is 2. The number of aromatic nitrogens is 2. The van der Waals surface area contributed by atoms with E-state index in [-0.39, 0.29) is 0 Å². The van der Waals surface area contributed by atoms with E-state index >= 15 is 0 Å². The molecule has 4 aromatic heterocycles. The highest BCUT2D eigenvalue weighted by atomic mass is 32.1. The molecule has 0 spiro atoms. The summed E-state index contributed by atoms with van der Waals surface area (Å²) in [5.74, 6) is 0. The van der Waals surface area contributed by atoms with Crippen molar-refractivity contribution in [3.8, 4) is 16.8 Å². The fraction of sp³-hybridized carbons (Fsp3) is 0. The number of benzene rings is 5. The third-order valence-electron chi connectivity index (χ3n) is 7.86. The Labute approximate surface area is 232 Å². The van der Waals surface area contributed by atoms with Gasteiger partial charge in [0.2, 0.25) is 0 Å². The van der Waals surface area contributed by atoms with Crippen molar-refractivity contribution in [1.29, 1.82) is 0 Å². The standard InChI is InChI=1S/C35H20N2S2/c1-2-9-21(10-3-1)22-16-18-23(19-17-22)37-27-14-6-4-11-24(27)31-32(37)34-30(26-13-8-20-36-35(26)39-34)29-25-12-5-7-15-28(25)38-33(29)31/h1-20H. The minimum atomic E-state index is 1.09. The molecule has 0 saturated carbocycles. The van der Waals surface area contributed by atoms with Crippen molar-refractivity contribution in [3.05, 3.63) is 121 Å². The van der Waals surface area contributed by atoms with Crippen LogP contribution in [-0.2, 0) is 0 Å². The van der Waals surface area contributed by atoms with Crippen LogP contribution in [0.2, 0.25) is 0 Å². The second-order valence-corrected chi connectivity index (χ2v) is 12.0. The van der Waals surface area contributed by atoms with Crippen molar-refractivity contribution in [2.45, 2.75) is 0 Å². The van der Waals surface area contributed by atoms with Gasteiger partial charge in [0.1, 0.15) is 4.83 Å². The first kappa shape index (κ1) is 21.4. The van der Waals surface area contributed by atoms with Crippen LogP contribution in [0.15, 0.2) is 121 Å². The summed E-state index contributed by atoms with van der Waals surface area (Å²) in [4.78, 5) is 5.90. The maximum absolute atomic E-state index is 4.81. The van der Waals surface area contributed by atoms with Crippen LogP contribution in [0.5, 0.6) is 0 Å². The highest BCUT2D eigenvalue weighted by Gasteiger charge is 2.24. The van der Waals surface area contributed by atoms with Gasteiger partial charge >= 0.3 is 0 Å². The molecule has 0 amide bonds. The van der Waals surface area contributed by atoms with Gasteiger partial charge in [0.25, 0.3) is 0 Å². The Bertz CT molecular complexity index is 2370. The lowest BCUT2D eigenvalue weighted by Gasteiger charge is -2.10. The first-order valence-corrected chi connectivity index (χ1v) is 14.7. The minimum Gasteiger partial charge on any atom is -0.308 e. The number of rotatable bonds is 2. The van der Waals surface area contributed by atoms with Gasteiger partial charge in [-0.1, -0.05) is 78.9 Å². The van der Waals surface area contributed by atoms with E-state index in [1.165, 1.54) is 74.3 Å². The third kappa shape index (κ3) is 2.93. The van der Waals surface area contributed by atoms with Gasteiger partial charge in [0.15, 0.2) is 0 Å². The summed E-state index contributed by atoms with van der Waals surface area (Å²) in [6.07, 6.45) is 1.91. The predicted molar refractivity (Wildman–Crippen MR) is 170 cm³/mol. The Morgan fingerprint density at radius 3 is 2.08 bits per heavy atom. The molecule has 9 rings (SSSR count). The largest absolute Gasteiger partial charge is 0.308 e. The van der Waals surface area contributed by atoms with Crippen molar-refractivity contribution in [1.82, 2.24) is 9.55 Å². The van der Waals surface area contributed by atoms with E-state index in [9.17, 15) is 0 Å². The van der Waals surface area contributed by atoms with Crippen molar-refractivity contribution < 1.29 is 0 Å². The Kier molecular flexibility index (Phi) is 4.39. The molecule has 0 aliphatic heterocycles. The van der Waals surface area contributed by atoms with Gasteiger partial charge in [-0.15, -0.1) is 22.7 Å². The third-order valence-corrected chi connectivity index (χ3v) is 10.2. The van der Waals surface area contributed by atoms with Gasteiger partial charge in [-0.05, 0) is 47.5 Å². The fourth-order valence-corrected chi connectivity index (χ4v) is 8.66. The summed E-state index contributed by atoms with van der Waals surface area (Å²) >= 11 is 3.73. The summed E-state index contributed by atoms with van der Waals surface area (Å²) < 4.78 is 6.46. The summed E-state index contributed by atoms with van der Waals surface area (Å²) in [7, 11) is 0. The van der Waals surface area contributed by atoms with Gasteiger partial charge in [-0.25, -0.2) is 4.98 Å². The van der Waals surface area contributed by atoms with Crippen LogP contribution in [-0.4, -0.2) is 9.55 Å². The molecule has 4 heteroatoms. The molecule has 9 aromatic rings. The monoisotopic (exact) mass is 532 g/mol. The molecule has 0 fully saturated rings. The molecule has 0 unspecified atom stereocenters. The average Bonchev–Trinajstić information content (AvgIpc) is 3.67. The number of fused-ring (bicyclic) bond motifs is 12. The Morgan fingerprint density at radius 1 is 0.513 bits per heavy atom. The predicted octanol–water partition coefficient (Wildman–Crippen LogP) is 10.6. The van der Waals surface area contributed by atoms with E-state index in [2.05, 4.69) is 120 Å². The van der Waals surface area contributed by atoms with Gasteiger partial charge < -0.3 is 4.57 Å². The average molecular weight is 533 g/mol. The smallest absolute Gasteiger partial charge is 0.124 e. The van der Waals surface area contributed by atoms with E-state index in [1.54, 1.807) is 0 Å². The Hall–Kier alpha value is -4.51. The highest BCUT2D eigenvalue weighted by molar-refractivity contribution is 7.29. The molecule has 39 heavy (non-hydrogen) atoms. The second-order valence-electron chi connectivity index (χ2n) is 9.95. The number of thiophene rings is 2. The topological polar surface area (TPSA) is 17.8 Å². The summed E-state index contributed by atoms with van der Waals surface area (Å²) in [5, 5.41) is 7.89. The SMILES string of the molecule is c1ccc(-c2ccc(-n3c4ccccc4c4c5sc6ccccc6c5c5c6cccnc6sc5c43)cc2)cc1. The minimum absolute atomic E-state index is 1.09. The maximum Gasteiger partial charge on any atom is 0.124 e. The van der Waals surface area contributed by atoms with Crippen LogP contribution in [0.1, 0.15) is 0 Å². The summed E-state index contributed by atoms with van der Waals surface area (Å²) in [6.45, 7) is 0. The fourth-order valence-electron chi connectivity index (χ4n) is 6.20. The van der Waals surface area contributed by atoms with E-state index in [0.717, 1.165) is 4.83 Å². The van der Waals surface area contributed by atoms with E-state index in [0.29, 0.717) is 0 Å². The normalized spacial score (nSPS) is 12.1. The molecule has 0 bridgehead atoms. The van der Waals surface area contributed by atoms with Crippen LogP contribution in [0, 0.1) is 0 Å². The van der Waals surface area contributed by atoms with Crippen LogP contribution >= 0.6 is 22.7 Å². The zero-order chi connectivity index (χ0) is 25.5. The van der Waals surface area contributed by atoms with Crippen molar-refractivity contribution >= 4 is 85.0 Å². The molecule has 0 saturated heterocycles. The molecule has 182 valence electrons. The molecule has 0 aliphatic rings. The van der Waals surface area contributed by atoms with Gasteiger partial charge in [0.05, 0.1) is 15.7 Å². The zero-order valence-corrected chi connectivity index (χ0v) is 22.4. The second kappa shape index (κ2) is 8.00. The maximum atomic E-state index is 4.81. The van der Waals surface area contributed by atoms with E-state index in [1.807, 2.05) is 28.9 Å². The number of hydrogen-bond donors (Lipinski definition) is 0. The number of pyridine rings is 1. The number of hydrogen-bond acceptors (Lipinski definition) is 3. The molecular weight excluding hydrogens is 513 g/mol. The van der Waals surface area contributed by atoms with Crippen LogP contribution in [0.4, 0.5) is 0 Å². The first-order chi connectivity index (χ1) is 19.4.